The van der Waals surface area contributed by atoms with Gasteiger partial charge >= 0.3 is 5.97 Å². The molecule has 0 aromatic heterocycles. The number of nitrogens with one attached hydrogen (secondary N) is 1. The Bertz CT molecular complexity index is 454. The van der Waals surface area contributed by atoms with Crippen molar-refractivity contribution in [3.63, 3.8) is 0 Å². The molecule has 0 spiro atoms. The molecule has 108 valence electrons. The smallest absolute Gasteiger partial charge is 0.328 e. The summed E-state index contributed by atoms with van der Waals surface area (Å²) in [5.74, 6) is -1.46. The highest BCUT2D eigenvalue weighted by Gasteiger charge is 2.10. The third-order valence-corrected chi connectivity index (χ3v) is 2.99. The van der Waals surface area contributed by atoms with Crippen molar-refractivity contribution in [2.75, 3.05) is 0 Å². The van der Waals surface area contributed by atoms with Crippen LogP contribution in [-0.4, -0.2) is 23.0 Å². The summed E-state index contributed by atoms with van der Waals surface area (Å²) in [6.07, 6.45) is 5.53. The Hall–Kier alpha value is -2.10. The molecule has 1 atom stereocenters. The molecule has 0 radical (unpaired) electrons. The highest BCUT2D eigenvalue weighted by Crippen LogP contribution is 2.08. The molecule has 4 heteroatoms. The van der Waals surface area contributed by atoms with Crippen LogP contribution in [0.4, 0.5) is 0 Å². The lowest BCUT2D eigenvalue weighted by Crippen LogP contribution is -2.34. The highest BCUT2D eigenvalue weighted by molar-refractivity contribution is 5.93. The van der Waals surface area contributed by atoms with Crippen LogP contribution in [0.1, 0.15) is 31.7 Å². The molecular weight excluding hydrogens is 254 g/mol. The Morgan fingerprint density at radius 1 is 1.20 bits per heavy atom. The zero-order valence-corrected chi connectivity index (χ0v) is 11.7. The standard InChI is InChI=1S/C16H21NO3/c1-2-6-14(17-15(18)11-12-16(19)20)10-9-13-7-4-3-5-8-13/h3-5,7-8,11-12,14H,2,6,9-10H2,1H3,(H,17,18)(H,19,20)/b12-11-. The van der Waals surface area contributed by atoms with E-state index in [9.17, 15) is 9.59 Å². The molecule has 0 aliphatic heterocycles. The molecule has 1 aromatic carbocycles. The van der Waals surface area contributed by atoms with Gasteiger partial charge in [-0.2, -0.15) is 0 Å². The van der Waals surface area contributed by atoms with Crippen LogP contribution in [0.2, 0.25) is 0 Å². The van der Waals surface area contributed by atoms with E-state index in [4.69, 9.17) is 5.11 Å². The predicted octanol–water partition coefficient (Wildman–Crippen LogP) is 2.54. The van der Waals surface area contributed by atoms with Gasteiger partial charge in [-0.05, 0) is 24.8 Å². The second-order valence-corrected chi connectivity index (χ2v) is 4.69. The van der Waals surface area contributed by atoms with Crippen molar-refractivity contribution >= 4 is 11.9 Å². The first-order valence-corrected chi connectivity index (χ1v) is 6.87. The summed E-state index contributed by atoms with van der Waals surface area (Å²) in [5.41, 5.74) is 1.24. The number of aryl methyl sites for hydroxylation is 1. The fraction of sp³-hybridized carbons (Fsp3) is 0.375. The summed E-state index contributed by atoms with van der Waals surface area (Å²) in [6.45, 7) is 2.06. The SMILES string of the molecule is CCCC(CCc1ccccc1)NC(=O)/C=C\C(=O)O. The number of carboxylic acids is 1. The highest BCUT2D eigenvalue weighted by atomic mass is 16.4. The van der Waals surface area contributed by atoms with Gasteiger partial charge in [0, 0.05) is 18.2 Å². The summed E-state index contributed by atoms with van der Waals surface area (Å²) >= 11 is 0. The summed E-state index contributed by atoms with van der Waals surface area (Å²) in [5, 5.41) is 11.3. The minimum atomic E-state index is -1.11. The van der Waals surface area contributed by atoms with Crippen LogP contribution in [-0.2, 0) is 16.0 Å². The molecule has 0 aliphatic carbocycles. The van der Waals surface area contributed by atoms with Crippen LogP contribution in [0.15, 0.2) is 42.5 Å². The molecule has 1 aromatic rings. The van der Waals surface area contributed by atoms with Gasteiger partial charge in [-0.3, -0.25) is 4.79 Å². The van der Waals surface area contributed by atoms with E-state index >= 15 is 0 Å². The molecule has 0 heterocycles. The number of hydrogen-bond acceptors (Lipinski definition) is 2. The molecule has 0 saturated carbocycles. The first-order chi connectivity index (χ1) is 9.61. The van der Waals surface area contributed by atoms with E-state index in [1.54, 1.807) is 0 Å². The van der Waals surface area contributed by atoms with Gasteiger partial charge < -0.3 is 10.4 Å². The van der Waals surface area contributed by atoms with Crippen LogP contribution in [0.3, 0.4) is 0 Å². The number of benzene rings is 1. The lowest BCUT2D eigenvalue weighted by molar-refractivity contribution is -0.131. The largest absolute Gasteiger partial charge is 0.478 e. The Labute approximate surface area is 119 Å². The Morgan fingerprint density at radius 3 is 2.50 bits per heavy atom. The average Bonchev–Trinajstić information content (AvgIpc) is 2.44. The minimum Gasteiger partial charge on any atom is -0.478 e. The maximum atomic E-state index is 11.6. The fourth-order valence-electron chi connectivity index (χ4n) is 2.02. The van der Waals surface area contributed by atoms with E-state index in [2.05, 4.69) is 24.4 Å². The fourth-order valence-corrected chi connectivity index (χ4v) is 2.02. The van der Waals surface area contributed by atoms with Gasteiger partial charge in [0.2, 0.25) is 5.91 Å². The summed E-state index contributed by atoms with van der Waals surface area (Å²) < 4.78 is 0. The topological polar surface area (TPSA) is 66.4 Å². The predicted molar refractivity (Wildman–Crippen MR) is 78.4 cm³/mol. The molecule has 0 fully saturated rings. The van der Waals surface area contributed by atoms with Crippen molar-refractivity contribution in [2.45, 2.75) is 38.6 Å². The molecule has 0 saturated heterocycles. The average molecular weight is 275 g/mol. The van der Waals surface area contributed by atoms with Crippen molar-refractivity contribution in [2.24, 2.45) is 0 Å². The second kappa shape index (κ2) is 8.91. The van der Waals surface area contributed by atoms with Gasteiger partial charge in [0.25, 0.3) is 0 Å². The molecule has 0 bridgehead atoms. The van der Waals surface area contributed by atoms with E-state index in [0.717, 1.165) is 37.8 Å². The normalized spacial score (nSPS) is 12.2. The lowest BCUT2D eigenvalue weighted by Gasteiger charge is -2.17. The maximum Gasteiger partial charge on any atom is 0.328 e. The molecule has 0 aliphatic rings. The van der Waals surface area contributed by atoms with Gasteiger partial charge in [0.05, 0.1) is 0 Å². The lowest BCUT2D eigenvalue weighted by atomic mass is 10.0. The van der Waals surface area contributed by atoms with E-state index in [1.807, 2.05) is 18.2 Å². The number of carbonyl (C=O) groups excluding carboxylic acids is 1. The molecule has 1 unspecified atom stereocenters. The van der Waals surface area contributed by atoms with Crippen LogP contribution >= 0.6 is 0 Å². The Morgan fingerprint density at radius 2 is 1.90 bits per heavy atom. The Balaban J connectivity index is 2.47. The van der Waals surface area contributed by atoms with Gasteiger partial charge in [-0.1, -0.05) is 43.7 Å². The quantitative estimate of drug-likeness (QED) is 0.716. The maximum absolute atomic E-state index is 11.6. The van der Waals surface area contributed by atoms with E-state index in [-0.39, 0.29) is 11.9 Å². The molecule has 2 N–H and O–H groups in total. The number of carbonyl (C=O) groups is 2. The summed E-state index contributed by atoms with van der Waals surface area (Å²) in [7, 11) is 0. The second-order valence-electron chi connectivity index (χ2n) is 4.69. The van der Waals surface area contributed by atoms with Gasteiger partial charge in [-0.25, -0.2) is 4.79 Å². The third-order valence-electron chi connectivity index (χ3n) is 2.99. The summed E-state index contributed by atoms with van der Waals surface area (Å²) in [6, 6.07) is 10.2. The van der Waals surface area contributed by atoms with Crippen molar-refractivity contribution in [1.82, 2.24) is 5.32 Å². The number of carboxylic acid groups (broad SMARTS) is 1. The van der Waals surface area contributed by atoms with Crippen LogP contribution < -0.4 is 5.32 Å². The van der Waals surface area contributed by atoms with Gasteiger partial charge in [0.1, 0.15) is 0 Å². The van der Waals surface area contributed by atoms with Crippen molar-refractivity contribution < 1.29 is 14.7 Å². The van der Waals surface area contributed by atoms with Gasteiger partial charge in [0.15, 0.2) is 0 Å². The van der Waals surface area contributed by atoms with Gasteiger partial charge in [-0.15, -0.1) is 0 Å². The molecule has 1 amide bonds. The molecule has 1 rings (SSSR count). The first-order valence-electron chi connectivity index (χ1n) is 6.87. The van der Waals surface area contributed by atoms with E-state index in [0.29, 0.717) is 0 Å². The number of hydrogen-bond donors (Lipinski definition) is 2. The van der Waals surface area contributed by atoms with Crippen LogP contribution in [0.5, 0.6) is 0 Å². The Kier molecular flexibility index (Phi) is 7.11. The van der Waals surface area contributed by atoms with E-state index < -0.39 is 5.97 Å². The van der Waals surface area contributed by atoms with Crippen molar-refractivity contribution in [3.8, 4) is 0 Å². The van der Waals surface area contributed by atoms with Crippen LogP contribution in [0.25, 0.3) is 0 Å². The molecule has 20 heavy (non-hydrogen) atoms. The third kappa shape index (κ3) is 6.73. The van der Waals surface area contributed by atoms with E-state index in [1.165, 1.54) is 5.56 Å². The number of rotatable bonds is 8. The minimum absolute atomic E-state index is 0.0751. The monoisotopic (exact) mass is 275 g/mol. The van der Waals surface area contributed by atoms with Crippen molar-refractivity contribution in [3.05, 3.63) is 48.0 Å². The molecular formula is C16H21NO3. The van der Waals surface area contributed by atoms with Crippen molar-refractivity contribution in [1.29, 1.82) is 0 Å². The first kappa shape index (κ1) is 16.0. The zero-order valence-electron chi connectivity index (χ0n) is 11.7. The summed E-state index contributed by atoms with van der Waals surface area (Å²) in [4.78, 5) is 21.9. The number of aliphatic carboxylic acids is 1. The number of amides is 1. The zero-order chi connectivity index (χ0) is 14.8. The van der Waals surface area contributed by atoms with Crippen LogP contribution in [0, 0.1) is 0 Å². The molecule has 4 nitrogen and oxygen atoms in total.